The van der Waals surface area contributed by atoms with Crippen LogP contribution in [0, 0.1) is 25.5 Å². The van der Waals surface area contributed by atoms with E-state index in [2.05, 4.69) is 10.6 Å². The minimum absolute atomic E-state index is 0.0000579. The van der Waals surface area contributed by atoms with Crippen LogP contribution in [0.25, 0.3) is 17.2 Å². The first-order valence-electron chi connectivity index (χ1n) is 10.9. The van der Waals surface area contributed by atoms with Crippen molar-refractivity contribution in [3.8, 4) is 11.1 Å². The number of hydrogen-bond donors (Lipinski definition) is 3. The fourth-order valence-corrected chi connectivity index (χ4v) is 4.06. The molecule has 5 nitrogen and oxygen atoms in total. The monoisotopic (exact) mass is 460 g/mol. The van der Waals surface area contributed by atoms with Crippen LogP contribution in [-0.4, -0.2) is 29.6 Å². The first-order valence-corrected chi connectivity index (χ1v) is 10.9. The van der Waals surface area contributed by atoms with Gasteiger partial charge in [0.15, 0.2) is 5.83 Å². The van der Waals surface area contributed by atoms with Gasteiger partial charge in [0.25, 0.3) is 5.91 Å². The SMILES string of the molecule is Cc1c(F)c(-c2ccc(NC3CCCC3)cc2)c(C)c(F)c1/C=C(\F)C(=O)NCCC(=O)O. The molecule has 1 amide bonds. The Kier molecular flexibility index (Phi) is 7.79. The van der Waals surface area contributed by atoms with E-state index >= 15 is 8.78 Å². The van der Waals surface area contributed by atoms with Gasteiger partial charge in [-0.2, -0.15) is 0 Å². The fourth-order valence-electron chi connectivity index (χ4n) is 4.06. The number of nitrogens with one attached hydrogen (secondary N) is 2. The van der Waals surface area contributed by atoms with Gasteiger partial charge in [-0.15, -0.1) is 0 Å². The molecule has 1 aliphatic rings. The average Bonchev–Trinajstić information content (AvgIpc) is 3.29. The number of halogens is 3. The summed E-state index contributed by atoms with van der Waals surface area (Å²) in [6.45, 7) is 2.44. The predicted octanol–water partition coefficient (Wildman–Crippen LogP) is 5.50. The normalized spacial score (nSPS) is 14.4. The second-order valence-electron chi connectivity index (χ2n) is 8.26. The summed E-state index contributed by atoms with van der Waals surface area (Å²) < 4.78 is 44.7. The van der Waals surface area contributed by atoms with Crippen molar-refractivity contribution in [1.82, 2.24) is 5.32 Å². The Morgan fingerprint density at radius 1 is 1.06 bits per heavy atom. The van der Waals surface area contributed by atoms with Crippen molar-refractivity contribution in [2.24, 2.45) is 0 Å². The highest BCUT2D eigenvalue weighted by Gasteiger charge is 2.22. The van der Waals surface area contributed by atoms with Crippen molar-refractivity contribution in [3.63, 3.8) is 0 Å². The fraction of sp³-hybridized carbons (Fsp3) is 0.360. The van der Waals surface area contributed by atoms with Crippen LogP contribution >= 0.6 is 0 Å². The van der Waals surface area contributed by atoms with Crippen molar-refractivity contribution < 1.29 is 27.9 Å². The molecule has 0 aliphatic heterocycles. The van der Waals surface area contributed by atoms with Gasteiger partial charge >= 0.3 is 5.97 Å². The van der Waals surface area contributed by atoms with E-state index in [1.807, 2.05) is 12.1 Å². The molecule has 176 valence electrons. The van der Waals surface area contributed by atoms with E-state index in [1.54, 1.807) is 12.1 Å². The summed E-state index contributed by atoms with van der Waals surface area (Å²) >= 11 is 0. The van der Waals surface area contributed by atoms with Crippen molar-refractivity contribution in [2.45, 2.75) is 52.0 Å². The molecule has 0 radical (unpaired) electrons. The third kappa shape index (κ3) is 5.74. The van der Waals surface area contributed by atoms with Crippen LogP contribution in [-0.2, 0) is 9.59 Å². The van der Waals surface area contributed by atoms with Gasteiger partial charge in [-0.05, 0) is 61.6 Å². The third-order valence-electron chi connectivity index (χ3n) is 5.91. The molecule has 0 unspecified atom stereocenters. The lowest BCUT2D eigenvalue weighted by molar-refractivity contribution is -0.136. The molecule has 1 saturated carbocycles. The Morgan fingerprint density at radius 3 is 2.30 bits per heavy atom. The molecule has 0 bridgehead atoms. The first-order chi connectivity index (χ1) is 15.7. The summed E-state index contributed by atoms with van der Waals surface area (Å²) in [5.41, 5.74) is 0.998. The summed E-state index contributed by atoms with van der Waals surface area (Å²) in [6, 6.07) is 7.52. The highest BCUT2D eigenvalue weighted by molar-refractivity contribution is 5.96. The Balaban J connectivity index is 1.86. The van der Waals surface area contributed by atoms with Gasteiger partial charge < -0.3 is 15.7 Å². The summed E-state index contributed by atoms with van der Waals surface area (Å²) in [6.07, 6.45) is 4.87. The largest absolute Gasteiger partial charge is 0.481 e. The van der Waals surface area contributed by atoms with Gasteiger partial charge in [-0.25, -0.2) is 13.2 Å². The highest BCUT2D eigenvalue weighted by Crippen LogP contribution is 2.35. The van der Waals surface area contributed by atoms with Crippen LogP contribution in [0.5, 0.6) is 0 Å². The number of carboxylic acid groups (broad SMARTS) is 1. The number of amides is 1. The molecule has 1 aliphatic carbocycles. The molecule has 0 aromatic heterocycles. The van der Waals surface area contributed by atoms with E-state index in [0.29, 0.717) is 17.7 Å². The molecular weight excluding hydrogens is 433 g/mol. The number of carbonyl (C=O) groups excluding carboxylic acids is 1. The van der Waals surface area contributed by atoms with E-state index in [9.17, 15) is 14.0 Å². The second-order valence-corrected chi connectivity index (χ2v) is 8.26. The maximum Gasteiger partial charge on any atom is 0.305 e. The molecule has 8 heteroatoms. The number of carboxylic acids is 1. The van der Waals surface area contributed by atoms with Gasteiger partial charge in [0, 0.05) is 29.4 Å². The van der Waals surface area contributed by atoms with Gasteiger partial charge in [0.05, 0.1) is 6.42 Å². The maximum atomic E-state index is 15.3. The first kappa shape index (κ1) is 24.4. The summed E-state index contributed by atoms with van der Waals surface area (Å²) in [5.74, 6) is -5.21. The minimum Gasteiger partial charge on any atom is -0.481 e. The Morgan fingerprint density at radius 2 is 1.70 bits per heavy atom. The van der Waals surface area contributed by atoms with Crippen molar-refractivity contribution in [3.05, 3.63) is 58.4 Å². The van der Waals surface area contributed by atoms with Crippen LogP contribution in [0.3, 0.4) is 0 Å². The second kappa shape index (κ2) is 10.6. The molecule has 2 aromatic rings. The topological polar surface area (TPSA) is 78.4 Å². The minimum atomic E-state index is -1.34. The molecule has 3 rings (SSSR count). The van der Waals surface area contributed by atoms with Gasteiger partial charge in [-0.1, -0.05) is 25.0 Å². The third-order valence-corrected chi connectivity index (χ3v) is 5.91. The van der Waals surface area contributed by atoms with Crippen molar-refractivity contribution in [2.75, 3.05) is 11.9 Å². The molecule has 2 aromatic carbocycles. The Bertz CT molecular complexity index is 1050. The molecule has 0 spiro atoms. The standard InChI is InChI=1S/C25H27F3N2O3/c1-14-19(13-20(26)25(33)29-12-11-21(31)32)23(27)15(2)22(24(14)28)16-7-9-18(10-8-16)30-17-5-3-4-6-17/h7-10,13,17,30H,3-6,11-12H2,1-2H3,(H,29,33)(H,31,32)/b20-13-. The van der Waals surface area contributed by atoms with Crippen LogP contribution < -0.4 is 10.6 Å². The number of aliphatic carboxylic acids is 1. The van der Waals surface area contributed by atoms with Gasteiger partial charge in [-0.3, -0.25) is 9.59 Å². The van der Waals surface area contributed by atoms with E-state index in [1.165, 1.54) is 26.7 Å². The van der Waals surface area contributed by atoms with Crippen molar-refractivity contribution in [1.29, 1.82) is 0 Å². The van der Waals surface area contributed by atoms with E-state index < -0.39 is 29.3 Å². The zero-order chi connectivity index (χ0) is 24.1. The van der Waals surface area contributed by atoms with E-state index in [0.717, 1.165) is 18.5 Å². The number of rotatable bonds is 8. The van der Waals surface area contributed by atoms with Gasteiger partial charge in [0.1, 0.15) is 11.6 Å². The van der Waals surface area contributed by atoms with Gasteiger partial charge in [0.2, 0.25) is 0 Å². The van der Waals surface area contributed by atoms with E-state index in [4.69, 9.17) is 5.11 Å². The lowest BCUT2D eigenvalue weighted by atomic mass is 9.92. The molecular formula is C25H27F3N2O3. The van der Waals surface area contributed by atoms with Crippen LogP contribution in [0.2, 0.25) is 0 Å². The molecule has 0 saturated heterocycles. The van der Waals surface area contributed by atoms with Crippen LogP contribution in [0.4, 0.5) is 18.9 Å². The molecule has 33 heavy (non-hydrogen) atoms. The molecule has 3 N–H and O–H groups in total. The van der Waals surface area contributed by atoms with Crippen LogP contribution in [0.15, 0.2) is 30.1 Å². The summed E-state index contributed by atoms with van der Waals surface area (Å²) in [5, 5.41) is 14.1. The maximum absolute atomic E-state index is 15.3. The number of anilines is 1. The number of carbonyl (C=O) groups is 2. The molecule has 0 atom stereocenters. The number of benzene rings is 2. The molecule has 1 fully saturated rings. The lowest BCUT2D eigenvalue weighted by Crippen LogP contribution is -2.26. The smallest absolute Gasteiger partial charge is 0.305 e. The van der Waals surface area contributed by atoms with Crippen LogP contribution in [0.1, 0.15) is 48.8 Å². The predicted molar refractivity (Wildman–Crippen MR) is 121 cm³/mol. The highest BCUT2D eigenvalue weighted by atomic mass is 19.1. The summed E-state index contributed by atoms with van der Waals surface area (Å²) in [7, 11) is 0. The number of hydrogen-bond acceptors (Lipinski definition) is 3. The lowest BCUT2D eigenvalue weighted by Gasteiger charge is -2.17. The Labute approximate surface area is 190 Å². The molecule has 0 heterocycles. The zero-order valence-corrected chi connectivity index (χ0v) is 18.6. The van der Waals surface area contributed by atoms with E-state index in [-0.39, 0.29) is 35.2 Å². The zero-order valence-electron chi connectivity index (χ0n) is 18.6. The summed E-state index contributed by atoms with van der Waals surface area (Å²) in [4.78, 5) is 22.3. The quantitative estimate of drug-likeness (QED) is 0.454. The van der Waals surface area contributed by atoms with Crippen molar-refractivity contribution >= 4 is 23.6 Å². The Hall–Kier alpha value is -3.29. The average molecular weight is 460 g/mol.